The Morgan fingerprint density at radius 3 is 2.05 bits per heavy atom. The minimum absolute atomic E-state index is 0.649. The molecule has 0 spiro atoms. The van der Waals surface area contributed by atoms with E-state index in [0.717, 1.165) is 25.2 Å². The van der Waals surface area contributed by atoms with Crippen molar-refractivity contribution in [1.82, 2.24) is 0 Å². The number of nitrogens with two attached hydrogens (primary N) is 1. The monoisotopic (exact) mass is 271 g/mol. The topological polar surface area (TPSA) is 35.2 Å². The quantitative estimate of drug-likeness (QED) is 0.864. The van der Waals surface area contributed by atoms with Crippen LogP contribution < -0.4 is 10.5 Å². The first-order valence-electron chi connectivity index (χ1n) is 7.14. The zero-order valence-electron chi connectivity index (χ0n) is 12.5. The van der Waals surface area contributed by atoms with Crippen molar-refractivity contribution in [1.29, 1.82) is 0 Å². The van der Waals surface area contributed by atoms with Crippen molar-refractivity contribution >= 4 is 0 Å². The molecule has 0 amide bonds. The molecule has 0 aliphatic heterocycles. The van der Waals surface area contributed by atoms with Crippen LogP contribution in [-0.2, 0) is 6.42 Å². The number of hydrogen-bond donors (Lipinski definition) is 1. The van der Waals surface area contributed by atoms with E-state index < -0.39 is 0 Å². The summed E-state index contributed by atoms with van der Waals surface area (Å²) in [5, 5.41) is 0. The van der Waals surface area contributed by atoms with E-state index in [2.05, 4.69) is 43.0 Å². The summed E-state index contributed by atoms with van der Waals surface area (Å²) >= 11 is 0. The number of rotatable bonds is 6. The molecule has 0 radical (unpaired) electrons. The van der Waals surface area contributed by atoms with Gasteiger partial charge in [-0.05, 0) is 43.5 Å². The minimum Gasteiger partial charge on any atom is -0.494 e. The average Bonchev–Trinajstić information content (AvgIpc) is 2.51. The molecule has 2 aromatic carbocycles. The molecule has 0 fully saturated rings. The van der Waals surface area contributed by atoms with Gasteiger partial charge in [-0.3, -0.25) is 0 Å². The van der Waals surface area contributed by atoms with Gasteiger partial charge in [-0.2, -0.15) is 0 Å². The van der Waals surface area contributed by atoms with Crippen LogP contribution in [0.2, 0.25) is 0 Å². The number of para-hydroxylation sites is 1. The molecule has 2 N–H and O–H groups in total. The normalized spacial score (nSPS) is 11.2. The van der Waals surface area contributed by atoms with E-state index in [9.17, 15) is 0 Å². The van der Waals surface area contributed by atoms with Crippen molar-refractivity contribution in [2.75, 3.05) is 13.7 Å². The van der Waals surface area contributed by atoms with Gasteiger partial charge in [0.1, 0.15) is 5.75 Å². The van der Waals surface area contributed by atoms with Crippen molar-refractivity contribution in [3.63, 3.8) is 0 Å². The lowest BCUT2D eigenvalue weighted by Gasteiger charge is -2.12. The zero-order valence-corrected chi connectivity index (χ0v) is 12.5. The summed E-state index contributed by atoms with van der Waals surface area (Å²) < 4.78 is 5.71. The van der Waals surface area contributed by atoms with Gasteiger partial charge in [0.25, 0.3) is 0 Å². The van der Waals surface area contributed by atoms with Gasteiger partial charge in [0.2, 0.25) is 0 Å². The molecule has 1 atom stereocenters. The molecule has 108 valence electrons. The molecule has 0 aliphatic rings. The van der Waals surface area contributed by atoms with Crippen LogP contribution in [0.5, 0.6) is 5.75 Å². The van der Waals surface area contributed by atoms with Crippen LogP contribution >= 0.6 is 0 Å². The Morgan fingerprint density at radius 1 is 0.900 bits per heavy atom. The largest absolute Gasteiger partial charge is 0.494 e. The molecule has 2 rings (SSSR count). The number of benzene rings is 2. The van der Waals surface area contributed by atoms with E-state index >= 15 is 0 Å². The van der Waals surface area contributed by atoms with Gasteiger partial charge in [0.15, 0.2) is 0 Å². The van der Waals surface area contributed by atoms with Crippen LogP contribution in [0.3, 0.4) is 0 Å². The van der Waals surface area contributed by atoms with E-state index in [-0.39, 0.29) is 0 Å². The molecule has 0 bridgehead atoms. The Balaban J connectivity index is 0.000000956. The van der Waals surface area contributed by atoms with Crippen LogP contribution in [0, 0.1) is 5.92 Å². The summed E-state index contributed by atoms with van der Waals surface area (Å²) in [5.74, 6) is 1.61. The molecule has 0 aliphatic carbocycles. The first-order chi connectivity index (χ1) is 9.84. The number of ether oxygens (including phenoxy) is 1. The molecule has 0 aromatic heterocycles. The highest BCUT2D eigenvalue weighted by atomic mass is 16.5. The molecule has 20 heavy (non-hydrogen) atoms. The summed E-state index contributed by atoms with van der Waals surface area (Å²) in [6.07, 6.45) is 2.21. The Hall–Kier alpha value is -1.80. The molecule has 1 unspecified atom stereocenters. The first-order valence-corrected chi connectivity index (χ1v) is 7.14. The lowest BCUT2D eigenvalue weighted by atomic mass is 9.99. The maximum absolute atomic E-state index is 5.71. The summed E-state index contributed by atoms with van der Waals surface area (Å²) in [6, 6.07) is 20.7. The Morgan fingerprint density at radius 2 is 1.45 bits per heavy atom. The predicted octanol–water partition coefficient (Wildman–Crippen LogP) is 3.91. The second-order valence-electron chi connectivity index (χ2n) is 4.75. The second-order valence-corrected chi connectivity index (χ2v) is 4.75. The van der Waals surface area contributed by atoms with Crippen molar-refractivity contribution < 1.29 is 4.74 Å². The lowest BCUT2D eigenvalue weighted by molar-refractivity contribution is 0.283. The Kier molecular flexibility index (Phi) is 8.16. The van der Waals surface area contributed by atoms with Gasteiger partial charge < -0.3 is 10.5 Å². The second kappa shape index (κ2) is 10.0. The van der Waals surface area contributed by atoms with Crippen LogP contribution in [-0.4, -0.2) is 13.7 Å². The summed E-state index contributed by atoms with van der Waals surface area (Å²) in [7, 11) is 1.50. The maximum atomic E-state index is 5.71. The lowest BCUT2D eigenvalue weighted by Crippen LogP contribution is -2.06. The molecule has 2 heteroatoms. The standard InChI is InChI=1S/C17H20O.CH5N/c1-15(14-16-8-4-2-5-9-16)12-13-18-17-10-6-3-7-11-17;1-2/h2-11,15H,12-14H2,1H3;2H2,1H3. The molecule has 0 saturated heterocycles. The fraction of sp³-hybridized carbons (Fsp3) is 0.333. The first kappa shape index (κ1) is 16.3. The molecule has 2 nitrogen and oxygen atoms in total. The molecule has 0 saturated carbocycles. The van der Waals surface area contributed by atoms with Crippen LogP contribution in [0.15, 0.2) is 60.7 Å². The fourth-order valence-corrected chi connectivity index (χ4v) is 2.01. The van der Waals surface area contributed by atoms with E-state index in [1.165, 1.54) is 12.6 Å². The molecule has 0 heterocycles. The zero-order chi connectivity index (χ0) is 14.6. The van der Waals surface area contributed by atoms with Crippen LogP contribution in [0.25, 0.3) is 0 Å². The van der Waals surface area contributed by atoms with Crippen LogP contribution in [0.4, 0.5) is 0 Å². The SMILES string of the molecule is CC(CCOc1ccccc1)Cc1ccccc1.CN. The van der Waals surface area contributed by atoms with Gasteiger partial charge in [-0.1, -0.05) is 55.5 Å². The third-order valence-corrected chi connectivity index (χ3v) is 3.05. The van der Waals surface area contributed by atoms with Gasteiger partial charge in [0, 0.05) is 0 Å². The fourth-order valence-electron chi connectivity index (χ4n) is 2.01. The van der Waals surface area contributed by atoms with E-state index in [0.29, 0.717) is 5.92 Å². The summed E-state index contributed by atoms with van der Waals surface area (Å²) in [4.78, 5) is 0. The predicted molar refractivity (Wildman–Crippen MR) is 86.0 cm³/mol. The Bertz CT molecular complexity index is 441. The average molecular weight is 271 g/mol. The van der Waals surface area contributed by atoms with Crippen molar-refractivity contribution in [2.45, 2.75) is 19.8 Å². The van der Waals surface area contributed by atoms with Gasteiger partial charge >= 0.3 is 0 Å². The molecular formula is C18H25NO. The van der Waals surface area contributed by atoms with E-state index in [1.54, 1.807) is 0 Å². The van der Waals surface area contributed by atoms with Crippen molar-refractivity contribution in [3.05, 3.63) is 66.2 Å². The highest BCUT2D eigenvalue weighted by molar-refractivity contribution is 5.20. The van der Waals surface area contributed by atoms with Crippen LogP contribution in [0.1, 0.15) is 18.9 Å². The summed E-state index contributed by atoms with van der Waals surface area (Å²) in [5.41, 5.74) is 5.91. The smallest absolute Gasteiger partial charge is 0.119 e. The molecular weight excluding hydrogens is 246 g/mol. The van der Waals surface area contributed by atoms with Gasteiger partial charge in [0.05, 0.1) is 6.61 Å². The maximum Gasteiger partial charge on any atom is 0.119 e. The van der Waals surface area contributed by atoms with E-state index in [1.807, 2.05) is 30.3 Å². The number of hydrogen-bond acceptors (Lipinski definition) is 2. The molecule has 2 aromatic rings. The minimum atomic E-state index is 0.649. The van der Waals surface area contributed by atoms with Crippen molar-refractivity contribution in [3.8, 4) is 5.75 Å². The van der Waals surface area contributed by atoms with Crippen molar-refractivity contribution in [2.24, 2.45) is 11.7 Å². The third kappa shape index (κ3) is 6.39. The third-order valence-electron chi connectivity index (χ3n) is 3.05. The highest BCUT2D eigenvalue weighted by Gasteiger charge is 2.03. The Labute approximate surface area is 122 Å². The van der Waals surface area contributed by atoms with Gasteiger partial charge in [-0.15, -0.1) is 0 Å². The van der Waals surface area contributed by atoms with Gasteiger partial charge in [-0.25, -0.2) is 0 Å². The summed E-state index contributed by atoms with van der Waals surface area (Å²) in [6.45, 7) is 3.07. The highest BCUT2D eigenvalue weighted by Crippen LogP contribution is 2.13. The van der Waals surface area contributed by atoms with E-state index in [4.69, 9.17) is 4.74 Å².